The number of hydrogen-bond donors (Lipinski definition) is 0. The van der Waals surface area contributed by atoms with Crippen molar-refractivity contribution in [2.45, 2.75) is 6.92 Å². The highest BCUT2D eigenvalue weighted by Gasteiger charge is 2.13. The summed E-state index contributed by atoms with van der Waals surface area (Å²) < 4.78 is 6.28. The number of aromatic nitrogens is 3. The Balaban J connectivity index is 2.94. The minimum Gasteiger partial charge on any atom is -0.461 e. The third kappa shape index (κ3) is 3.08. The van der Waals surface area contributed by atoms with Gasteiger partial charge in [-0.3, -0.25) is 0 Å². The average Bonchev–Trinajstić information content (AvgIpc) is 2.66. The summed E-state index contributed by atoms with van der Waals surface area (Å²) in [5.74, 6) is -0.420. The molecule has 1 aromatic heterocycles. The Kier molecular flexibility index (Phi) is 3.84. The fourth-order valence-electron chi connectivity index (χ4n) is 0.988. The van der Waals surface area contributed by atoms with Crippen LogP contribution in [0, 0.1) is 0 Å². The van der Waals surface area contributed by atoms with E-state index in [0.717, 1.165) is 0 Å². The molecule has 0 aromatic carbocycles. The molecule has 0 aliphatic rings. The van der Waals surface area contributed by atoms with Crippen molar-refractivity contribution >= 4 is 11.7 Å². The van der Waals surface area contributed by atoms with Crippen LogP contribution < -0.4 is 0 Å². The second-order valence-electron chi connectivity index (χ2n) is 3.04. The Labute approximate surface area is 88.2 Å². The van der Waals surface area contributed by atoms with Gasteiger partial charge in [0.15, 0.2) is 5.70 Å². The lowest BCUT2D eigenvalue weighted by atomic mass is 10.4. The van der Waals surface area contributed by atoms with Crippen molar-refractivity contribution in [2.75, 3.05) is 20.7 Å². The van der Waals surface area contributed by atoms with Gasteiger partial charge in [0, 0.05) is 20.3 Å². The Hall–Kier alpha value is -1.85. The highest BCUT2D eigenvalue weighted by Crippen LogP contribution is 2.05. The lowest BCUT2D eigenvalue weighted by Gasteiger charge is -2.10. The summed E-state index contributed by atoms with van der Waals surface area (Å²) in [5, 5.41) is 3.88. The van der Waals surface area contributed by atoms with Gasteiger partial charge in [-0.15, -0.1) is 0 Å². The molecular weight excluding hydrogens is 196 g/mol. The van der Waals surface area contributed by atoms with Crippen LogP contribution in [0.4, 0.5) is 0 Å². The number of carbonyl (C=O) groups excluding carboxylic acids is 1. The second-order valence-corrected chi connectivity index (χ2v) is 3.04. The molecule has 0 amide bonds. The van der Waals surface area contributed by atoms with Crippen molar-refractivity contribution in [3.05, 3.63) is 18.9 Å². The SMILES string of the molecule is CCOC(=O)/C(=C\N(C)C)n1cncn1. The first-order valence-electron chi connectivity index (χ1n) is 4.55. The van der Waals surface area contributed by atoms with Crippen LogP contribution in [-0.2, 0) is 9.53 Å². The van der Waals surface area contributed by atoms with Crippen molar-refractivity contribution in [1.82, 2.24) is 19.7 Å². The van der Waals surface area contributed by atoms with Crippen LogP contribution in [0.25, 0.3) is 5.70 Å². The van der Waals surface area contributed by atoms with E-state index in [9.17, 15) is 4.79 Å². The van der Waals surface area contributed by atoms with Crippen LogP contribution in [0.2, 0.25) is 0 Å². The van der Waals surface area contributed by atoms with Gasteiger partial charge in [0.05, 0.1) is 6.61 Å². The molecule has 6 nitrogen and oxygen atoms in total. The number of esters is 1. The summed E-state index contributed by atoms with van der Waals surface area (Å²) in [7, 11) is 3.63. The molecule has 0 spiro atoms. The van der Waals surface area contributed by atoms with E-state index in [-0.39, 0.29) is 0 Å². The second kappa shape index (κ2) is 5.14. The first kappa shape index (κ1) is 11.2. The summed E-state index contributed by atoms with van der Waals surface area (Å²) >= 11 is 0. The predicted molar refractivity (Wildman–Crippen MR) is 54.6 cm³/mol. The third-order valence-electron chi connectivity index (χ3n) is 1.53. The highest BCUT2D eigenvalue weighted by molar-refractivity contribution is 6.09. The molecule has 82 valence electrons. The van der Waals surface area contributed by atoms with Crippen molar-refractivity contribution < 1.29 is 9.53 Å². The molecule has 1 rings (SSSR count). The van der Waals surface area contributed by atoms with Crippen LogP contribution in [0.1, 0.15) is 6.92 Å². The number of nitrogens with zero attached hydrogens (tertiary/aromatic N) is 4. The molecule has 0 fully saturated rings. The van der Waals surface area contributed by atoms with Crippen LogP contribution in [0.3, 0.4) is 0 Å². The molecule has 15 heavy (non-hydrogen) atoms. The number of carbonyl (C=O) groups is 1. The van der Waals surface area contributed by atoms with Gasteiger partial charge in [-0.1, -0.05) is 0 Å². The molecule has 0 N–H and O–H groups in total. The normalized spacial score (nSPS) is 11.3. The van der Waals surface area contributed by atoms with E-state index in [1.807, 2.05) is 14.1 Å². The summed E-state index contributed by atoms with van der Waals surface area (Å²) in [6, 6.07) is 0. The standard InChI is InChI=1S/C9H14N4O2/c1-4-15-9(14)8(5-12(2)3)13-7-10-6-11-13/h5-7H,4H2,1-3H3/b8-5+. The lowest BCUT2D eigenvalue weighted by Crippen LogP contribution is -2.16. The fraction of sp³-hybridized carbons (Fsp3) is 0.444. The largest absolute Gasteiger partial charge is 0.461 e. The highest BCUT2D eigenvalue weighted by atomic mass is 16.5. The van der Waals surface area contributed by atoms with E-state index in [4.69, 9.17) is 4.74 Å². The van der Waals surface area contributed by atoms with Crippen LogP contribution in [0.5, 0.6) is 0 Å². The first-order valence-corrected chi connectivity index (χ1v) is 4.55. The van der Waals surface area contributed by atoms with E-state index in [1.54, 1.807) is 18.0 Å². The molecule has 0 aliphatic carbocycles. The third-order valence-corrected chi connectivity index (χ3v) is 1.53. The van der Waals surface area contributed by atoms with Gasteiger partial charge in [0.2, 0.25) is 0 Å². The first-order chi connectivity index (χ1) is 7.15. The minimum atomic E-state index is -0.420. The topological polar surface area (TPSA) is 60.2 Å². The van der Waals surface area contributed by atoms with Gasteiger partial charge < -0.3 is 9.64 Å². The van der Waals surface area contributed by atoms with E-state index in [2.05, 4.69) is 10.1 Å². The molecule has 0 unspecified atom stereocenters. The van der Waals surface area contributed by atoms with Crippen molar-refractivity contribution in [3.8, 4) is 0 Å². The zero-order valence-electron chi connectivity index (χ0n) is 9.04. The van der Waals surface area contributed by atoms with Crippen molar-refractivity contribution in [2.24, 2.45) is 0 Å². The smallest absolute Gasteiger partial charge is 0.358 e. The molecule has 6 heteroatoms. The molecule has 0 radical (unpaired) electrons. The molecule has 1 heterocycles. The number of ether oxygens (including phenoxy) is 1. The molecule has 0 bridgehead atoms. The zero-order chi connectivity index (χ0) is 11.3. The molecule has 0 saturated heterocycles. The van der Waals surface area contributed by atoms with Gasteiger partial charge in [0.1, 0.15) is 12.7 Å². The Bertz CT molecular complexity index is 343. The lowest BCUT2D eigenvalue weighted by molar-refractivity contribution is -0.136. The number of hydrogen-bond acceptors (Lipinski definition) is 5. The summed E-state index contributed by atoms with van der Waals surface area (Å²) in [4.78, 5) is 17.1. The fourth-order valence-corrected chi connectivity index (χ4v) is 0.988. The van der Waals surface area contributed by atoms with Crippen molar-refractivity contribution in [1.29, 1.82) is 0 Å². The van der Waals surface area contributed by atoms with E-state index < -0.39 is 5.97 Å². The summed E-state index contributed by atoms with van der Waals surface area (Å²) in [6.45, 7) is 2.09. The maximum absolute atomic E-state index is 11.6. The Morgan fingerprint density at radius 1 is 1.60 bits per heavy atom. The maximum atomic E-state index is 11.6. The average molecular weight is 210 g/mol. The maximum Gasteiger partial charge on any atom is 0.358 e. The Morgan fingerprint density at radius 3 is 2.80 bits per heavy atom. The van der Waals surface area contributed by atoms with Crippen LogP contribution in [0.15, 0.2) is 18.9 Å². The van der Waals surface area contributed by atoms with Gasteiger partial charge in [-0.05, 0) is 6.92 Å². The minimum absolute atomic E-state index is 0.332. The molecule has 0 saturated carbocycles. The summed E-state index contributed by atoms with van der Waals surface area (Å²) in [5.41, 5.74) is 0.333. The van der Waals surface area contributed by atoms with Gasteiger partial charge in [0.25, 0.3) is 0 Å². The Morgan fingerprint density at radius 2 is 2.33 bits per heavy atom. The molecule has 0 aliphatic heterocycles. The van der Waals surface area contributed by atoms with Gasteiger partial charge >= 0.3 is 5.97 Å². The van der Waals surface area contributed by atoms with E-state index >= 15 is 0 Å². The zero-order valence-corrected chi connectivity index (χ0v) is 9.04. The molecule has 0 atom stereocenters. The van der Waals surface area contributed by atoms with E-state index in [0.29, 0.717) is 12.3 Å². The van der Waals surface area contributed by atoms with Gasteiger partial charge in [-0.25, -0.2) is 14.5 Å². The monoisotopic (exact) mass is 210 g/mol. The van der Waals surface area contributed by atoms with E-state index in [1.165, 1.54) is 17.3 Å². The van der Waals surface area contributed by atoms with Crippen molar-refractivity contribution in [3.63, 3.8) is 0 Å². The van der Waals surface area contributed by atoms with Crippen LogP contribution in [-0.4, -0.2) is 46.3 Å². The van der Waals surface area contributed by atoms with Crippen LogP contribution >= 0.6 is 0 Å². The predicted octanol–water partition coefficient (Wildman–Crippen LogP) is 0.201. The summed E-state index contributed by atoms with van der Waals surface area (Å²) in [6.07, 6.45) is 4.45. The van der Waals surface area contributed by atoms with Gasteiger partial charge in [-0.2, -0.15) is 5.10 Å². The molecule has 1 aromatic rings. The molecular formula is C9H14N4O2. The quantitative estimate of drug-likeness (QED) is 0.525. The number of rotatable bonds is 4.